The van der Waals surface area contributed by atoms with Crippen molar-refractivity contribution in [2.75, 3.05) is 44.2 Å². The molecule has 2 unspecified atom stereocenters. The lowest BCUT2D eigenvalue weighted by Gasteiger charge is -2.36. The van der Waals surface area contributed by atoms with Gasteiger partial charge in [0.05, 0.1) is 17.9 Å². The molecule has 4 rings (SSSR count). The van der Waals surface area contributed by atoms with E-state index in [0.29, 0.717) is 51.2 Å². The molecule has 0 aromatic carbocycles. The fraction of sp³-hybridized carbons (Fsp3) is 0.571. The Morgan fingerprint density at radius 2 is 1.73 bits per heavy atom. The summed E-state index contributed by atoms with van der Waals surface area (Å²) >= 11 is 0. The van der Waals surface area contributed by atoms with E-state index in [0.717, 1.165) is 0 Å². The van der Waals surface area contributed by atoms with Crippen LogP contribution in [0, 0.1) is 0 Å². The first-order valence-electron chi connectivity index (χ1n) is 11.4. The van der Waals surface area contributed by atoms with Crippen molar-refractivity contribution >= 4 is 11.9 Å². The standard InChI is InChI=1S/C21H23F6N7O3/c22-20(23,24)12-10-29-19(30-11-12)34-6-4-33(5-7-34)16(35)2-1-14-17(37-8-3-28-14)15-9-13(21(25,26)27)18(36)32-31-15/h9-11,14,17,28H,1-8H2,(H,32,36). The summed E-state index contributed by atoms with van der Waals surface area (Å²) in [5.41, 5.74) is -3.78. The Hall–Kier alpha value is -3.27. The minimum Gasteiger partial charge on any atom is -0.369 e. The van der Waals surface area contributed by atoms with Crippen LogP contribution in [0.25, 0.3) is 0 Å². The van der Waals surface area contributed by atoms with Crippen molar-refractivity contribution in [2.45, 2.75) is 37.3 Å². The van der Waals surface area contributed by atoms with Crippen molar-refractivity contribution in [3.05, 3.63) is 45.6 Å². The molecule has 0 bridgehead atoms. The summed E-state index contributed by atoms with van der Waals surface area (Å²) in [7, 11) is 0. The van der Waals surface area contributed by atoms with Gasteiger partial charge in [-0.15, -0.1) is 0 Å². The SMILES string of the molecule is O=C(CCC1NCCOC1c1cc(C(F)(F)F)c(=O)[nH]n1)N1CCN(c2ncc(C(F)(F)F)cn2)CC1. The Kier molecular flexibility index (Phi) is 7.68. The molecule has 2 atom stereocenters. The van der Waals surface area contributed by atoms with E-state index in [2.05, 4.69) is 20.4 Å². The van der Waals surface area contributed by atoms with Crippen molar-refractivity contribution in [2.24, 2.45) is 0 Å². The van der Waals surface area contributed by atoms with E-state index in [1.807, 2.05) is 5.10 Å². The Labute approximate surface area is 206 Å². The lowest BCUT2D eigenvalue weighted by atomic mass is 9.99. The van der Waals surface area contributed by atoms with E-state index in [-0.39, 0.29) is 37.0 Å². The predicted molar refractivity (Wildman–Crippen MR) is 115 cm³/mol. The van der Waals surface area contributed by atoms with Gasteiger partial charge in [-0.05, 0) is 12.5 Å². The molecule has 2 aromatic heterocycles. The number of carbonyl (C=O) groups excluding carboxylic acids is 1. The molecule has 37 heavy (non-hydrogen) atoms. The molecule has 10 nitrogen and oxygen atoms in total. The first kappa shape index (κ1) is 26.8. The van der Waals surface area contributed by atoms with Crippen molar-refractivity contribution < 1.29 is 35.9 Å². The fourth-order valence-corrected chi connectivity index (χ4v) is 4.20. The van der Waals surface area contributed by atoms with Gasteiger partial charge in [0.25, 0.3) is 5.56 Å². The van der Waals surface area contributed by atoms with Gasteiger partial charge in [-0.25, -0.2) is 15.1 Å². The Bertz CT molecular complexity index is 1150. The molecule has 2 saturated heterocycles. The lowest BCUT2D eigenvalue weighted by Crippen LogP contribution is -2.50. The van der Waals surface area contributed by atoms with Gasteiger partial charge in [-0.3, -0.25) is 9.59 Å². The number of rotatable bonds is 5. The average molecular weight is 535 g/mol. The van der Waals surface area contributed by atoms with Crippen LogP contribution in [0.1, 0.15) is 35.8 Å². The highest BCUT2D eigenvalue weighted by Crippen LogP contribution is 2.31. The third-order valence-corrected chi connectivity index (χ3v) is 6.14. The van der Waals surface area contributed by atoms with Gasteiger partial charge in [0.1, 0.15) is 11.7 Å². The minimum atomic E-state index is -4.85. The van der Waals surface area contributed by atoms with E-state index >= 15 is 0 Å². The van der Waals surface area contributed by atoms with E-state index in [4.69, 9.17) is 4.74 Å². The zero-order valence-electron chi connectivity index (χ0n) is 19.3. The summed E-state index contributed by atoms with van der Waals surface area (Å²) in [5, 5.41) is 8.71. The molecule has 4 heterocycles. The highest BCUT2D eigenvalue weighted by atomic mass is 19.4. The number of amides is 1. The monoisotopic (exact) mass is 535 g/mol. The smallest absolute Gasteiger partial charge is 0.369 e. The van der Waals surface area contributed by atoms with E-state index in [1.54, 1.807) is 9.80 Å². The number of ether oxygens (including phenoxy) is 1. The average Bonchev–Trinajstić information content (AvgIpc) is 2.87. The number of piperazine rings is 1. The Morgan fingerprint density at radius 3 is 2.35 bits per heavy atom. The van der Waals surface area contributed by atoms with Gasteiger partial charge in [0.2, 0.25) is 11.9 Å². The Balaban J connectivity index is 1.33. The number of nitrogens with one attached hydrogen (secondary N) is 2. The lowest BCUT2D eigenvalue weighted by molar-refractivity contribution is -0.139. The molecule has 0 saturated carbocycles. The maximum Gasteiger partial charge on any atom is 0.421 e. The predicted octanol–water partition coefficient (Wildman–Crippen LogP) is 1.76. The van der Waals surface area contributed by atoms with Crippen molar-refractivity contribution in [3.8, 4) is 0 Å². The van der Waals surface area contributed by atoms with Crippen molar-refractivity contribution in [3.63, 3.8) is 0 Å². The van der Waals surface area contributed by atoms with Crippen LogP contribution in [-0.4, -0.2) is 76.3 Å². The van der Waals surface area contributed by atoms with E-state index in [9.17, 15) is 35.9 Å². The number of aromatic nitrogens is 4. The van der Waals surface area contributed by atoms with Crippen LogP contribution in [-0.2, 0) is 21.9 Å². The molecule has 1 amide bonds. The summed E-state index contributed by atoms with van der Waals surface area (Å²) in [6.07, 6.45) is -8.54. The molecule has 2 fully saturated rings. The molecule has 202 valence electrons. The number of alkyl halides is 6. The molecular formula is C21H23F6N7O3. The number of morpholine rings is 1. The maximum atomic E-state index is 13.1. The summed E-state index contributed by atoms with van der Waals surface area (Å²) in [6.45, 7) is 1.90. The van der Waals surface area contributed by atoms with E-state index < -0.39 is 41.2 Å². The van der Waals surface area contributed by atoms with Crippen LogP contribution in [0.5, 0.6) is 0 Å². The second-order valence-electron chi connectivity index (χ2n) is 8.56. The largest absolute Gasteiger partial charge is 0.421 e. The van der Waals surface area contributed by atoms with Crippen LogP contribution in [0.15, 0.2) is 23.3 Å². The zero-order valence-corrected chi connectivity index (χ0v) is 19.3. The highest BCUT2D eigenvalue weighted by molar-refractivity contribution is 5.76. The molecule has 2 aliphatic heterocycles. The third-order valence-electron chi connectivity index (χ3n) is 6.14. The number of carbonyl (C=O) groups is 1. The number of H-pyrrole nitrogens is 1. The summed E-state index contributed by atoms with van der Waals surface area (Å²) in [5.74, 6) is -0.0531. The summed E-state index contributed by atoms with van der Waals surface area (Å²) < 4.78 is 83.1. The number of anilines is 1. The third kappa shape index (κ3) is 6.36. The molecule has 0 aliphatic carbocycles. The topological polar surface area (TPSA) is 116 Å². The van der Waals surface area contributed by atoms with E-state index in [1.165, 1.54) is 0 Å². The second kappa shape index (κ2) is 10.6. The highest BCUT2D eigenvalue weighted by Gasteiger charge is 2.37. The number of aromatic amines is 1. The molecule has 16 heteroatoms. The zero-order chi connectivity index (χ0) is 26.8. The second-order valence-corrected chi connectivity index (χ2v) is 8.56. The van der Waals surface area contributed by atoms with Gasteiger partial charge in [0, 0.05) is 57.6 Å². The quantitative estimate of drug-likeness (QED) is 0.557. The summed E-state index contributed by atoms with van der Waals surface area (Å²) in [6, 6.07) is 0.146. The summed E-state index contributed by atoms with van der Waals surface area (Å²) in [4.78, 5) is 35.1. The van der Waals surface area contributed by atoms with Crippen LogP contribution in [0.4, 0.5) is 32.3 Å². The van der Waals surface area contributed by atoms with Crippen molar-refractivity contribution in [1.29, 1.82) is 0 Å². The molecule has 2 aliphatic rings. The maximum absolute atomic E-state index is 13.1. The first-order chi connectivity index (χ1) is 17.4. The molecular weight excluding hydrogens is 512 g/mol. The van der Waals surface area contributed by atoms with Gasteiger partial charge < -0.3 is 19.9 Å². The van der Waals surface area contributed by atoms with Gasteiger partial charge in [-0.1, -0.05) is 0 Å². The number of hydrogen-bond donors (Lipinski definition) is 2. The molecule has 0 spiro atoms. The molecule has 2 N–H and O–H groups in total. The van der Waals surface area contributed by atoms with Crippen LogP contribution in [0.2, 0.25) is 0 Å². The van der Waals surface area contributed by atoms with Gasteiger partial charge in [-0.2, -0.15) is 31.4 Å². The number of hydrogen-bond acceptors (Lipinski definition) is 8. The van der Waals surface area contributed by atoms with Crippen molar-refractivity contribution in [1.82, 2.24) is 30.4 Å². The van der Waals surface area contributed by atoms with Crippen LogP contribution >= 0.6 is 0 Å². The van der Waals surface area contributed by atoms with Gasteiger partial charge in [0.15, 0.2) is 0 Å². The molecule has 2 aromatic rings. The Morgan fingerprint density at radius 1 is 1.05 bits per heavy atom. The number of nitrogens with zero attached hydrogens (tertiary/aromatic N) is 5. The first-order valence-corrected chi connectivity index (χ1v) is 11.4. The van der Waals surface area contributed by atoms with Gasteiger partial charge >= 0.3 is 12.4 Å². The normalized spacial score (nSPS) is 21.2. The number of halogens is 6. The van der Waals surface area contributed by atoms with Crippen LogP contribution in [0.3, 0.4) is 0 Å². The van der Waals surface area contributed by atoms with Crippen LogP contribution < -0.4 is 15.8 Å². The fourth-order valence-electron chi connectivity index (χ4n) is 4.20. The minimum absolute atomic E-state index is 0.0732. The molecule has 0 radical (unpaired) electrons.